The van der Waals surface area contributed by atoms with Gasteiger partial charge < -0.3 is 5.32 Å². The van der Waals surface area contributed by atoms with Crippen molar-refractivity contribution in [1.29, 1.82) is 0 Å². The van der Waals surface area contributed by atoms with Crippen molar-refractivity contribution in [3.8, 4) is 0 Å². The zero-order chi connectivity index (χ0) is 6.60. The van der Waals surface area contributed by atoms with Crippen LogP contribution < -0.4 is 5.32 Å². The third kappa shape index (κ3) is 0.493. The van der Waals surface area contributed by atoms with Crippen molar-refractivity contribution in [2.75, 3.05) is 13.1 Å². The summed E-state index contributed by atoms with van der Waals surface area (Å²) in [7, 11) is 0. The second-order valence-electron chi connectivity index (χ2n) is 4.37. The molecule has 1 aliphatic heterocycles. The van der Waals surface area contributed by atoms with Gasteiger partial charge >= 0.3 is 0 Å². The van der Waals surface area contributed by atoms with Crippen LogP contribution in [-0.4, -0.2) is 13.1 Å². The highest BCUT2D eigenvalue weighted by Crippen LogP contribution is 2.61. The molecule has 0 aromatic rings. The van der Waals surface area contributed by atoms with E-state index in [-0.39, 0.29) is 0 Å². The zero-order valence-corrected chi connectivity index (χ0v) is 6.40. The number of nitrogens with one attached hydrogen (secondary N) is 1. The van der Waals surface area contributed by atoms with E-state index in [1.165, 1.54) is 38.8 Å². The number of hydrogen-bond donors (Lipinski definition) is 1. The first-order valence-electron chi connectivity index (χ1n) is 4.62. The van der Waals surface area contributed by atoms with Gasteiger partial charge in [-0.3, -0.25) is 0 Å². The third-order valence-electron chi connectivity index (χ3n) is 4.01. The fourth-order valence-corrected chi connectivity index (χ4v) is 3.08. The van der Waals surface area contributed by atoms with E-state index in [2.05, 4.69) is 5.32 Å². The first-order chi connectivity index (χ1) is 4.92. The van der Waals surface area contributed by atoms with Gasteiger partial charge in [0.2, 0.25) is 0 Å². The Morgan fingerprint density at radius 3 is 2.50 bits per heavy atom. The van der Waals surface area contributed by atoms with Crippen LogP contribution in [0, 0.1) is 17.3 Å². The van der Waals surface area contributed by atoms with E-state index in [9.17, 15) is 0 Å². The average molecular weight is 137 g/mol. The molecule has 2 atom stereocenters. The van der Waals surface area contributed by atoms with Crippen molar-refractivity contribution in [2.24, 2.45) is 17.3 Å². The van der Waals surface area contributed by atoms with Gasteiger partial charge in [-0.1, -0.05) is 0 Å². The van der Waals surface area contributed by atoms with Crippen molar-refractivity contribution >= 4 is 0 Å². The van der Waals surface area contributed by atoms with Gasteiger partial charge in [0.25, 0.3) is 0 Å². The Hall–Kier alpha value is -0.0400. The van der Waals surface area contributed by atoms with Crippen molar-refractivity contribution in [3.63, 3.8) is 0 Å². The predicted octanol–water partition coefficient (Wildman–Crippen LogP) is 1.40. The maximum atomic E-state index is 3.55. The van der Waals surface area contributed by atoms with E-state index in [0.717, 1.165) is 17.3 Å². The molecule has 0 spiro atoms. The van der Waals surface area contributed by atoms with E-state index in [1.54, 1.807) is 0 Å². The minimum absolute atomic E-state index is 0.833. The summed E-state index contributed by atoms with van der Waals surface area (Å²) >= 11 is 0. The van der Waals surface area contributed by atoms with Gasteiger partial charge in [0.1, 0.15) is 0 Å². The van der Waals surface area contributed by atoms with Gasteiger partial charge in [0, 0.05) is 6.54 Å². The second-order valence-corrected chi connectivity index (χ2v) is 4.37. The Morgan fingerprint density at radius 1 is 1.10 bits per heavy atom. The molecule has 0 aromatic carbocycles. The predicted molar refractivity (Wildman–Crippen MR) is 40.8 cm³/mol. The van der Waals surface area contributed by atoms with Crippen LogP contribution in [0.25, 0.3) is 0 Å². The second kappa shape index (κ2) is 1.58. The third-order valence-corrected chi connectivity index (χ3v) is 4.01. The molecule has 3 fully saturated rings. The normalized spacial score (nSPS) is 52.2. The molecule has 1 heteroatoms. The first-order valence-corrected chi connectivity index (χ1v) is 4.62. The van der Waals surface area contributed by atoms with Crippen LogP contribution in [0.1, 0.15) is 25.7 Å². The highest BCUT2D eigenvalue weighted by molar-refractivity contribution is 5.09. The zero-order valence-electron chi connectivity index (χ0n) is 6.40. The average Bonchev–Trinajstić information content (AvgIpc) is 2.65. The lowest BCUT2D eigenvalue weighted by Gasteiger charge is -2.44. The van der Waals surface area contributed by atoms with Crippen LogP contribution >= 0.6 is 0 Å². The Kier molecular flexibility index (Phi) is 0.883. The standard InChI is InChI=1S/C9H15N/c1-2-7(1)9-4-3-8(9)5-10-6-9/h7-8,10H,1-6H2. The van der Waals surface area contributed by atoms with Crippen LogP contribution in [0.2, 0.25) is 0 Å². The van der Waals surface area contributed by atoms with E-state index < -0.39 is 0 Å². The quantitative estimate of drug-likeness (QED) is 0.576. The molecule has 1 saturated heterocycles. The lowest BCUT2D eigenvalue weighted by molar-refractivity contribution is 0.0586. The summed E-state index contributed by atoms with van der Waals surface area (Å²) in [6, 6.07) is 0. The molecular formula is C9H15N. The summed E-state index contributed by atoms with van der Waals surface area (Å²) in [5.74, 6) is 2.22. The number of rotatable bonds is 1. The van der Waals surface area contributed by atoms with Crippen LogP contribution in [0.3, 0.4) is 0 Å². The van der Waals surface area contributed by atoms with Gasteiger partial charge in [-0.2, -0.15) is 0 Å². The molecule has 2 saturated carbocycles. The molecule has 2 aliphatic carbocycles. The fourth-order valence-electron chi connectivity index (χ4n) is 3.08. The summed E-state index contributed by atoms with van der Waals surface area (Å²) in [5, 5.41) is 3.55. The van der Waals surface area contributed by atoms with Gasteiger partial charge in [-0.25, -0.2) is 0 Å². The first kappa shape index (κ1) is 5.59. The summed E-state index contributed by atoms with van der Waals surface area (Å²) < 4.78 is 0. The number of hydrogen-bond acceptors (Lipinski definition) is 1. The van der Waals surface area contributed by atoms with Crippen molar-refractivity contribution in [2.45, 2.75) is 25.7 Å². The fraction of sp³-hybridized carbons (Fsp3) is 1.00. The van der Waals surface area contributed by atoms with Crippen LogP contribution in [0.4, 0.5) is 0 Å². The van der Waals surface area contributed by atoms with E-state index in [4.69, 9.17) is 0 Å². The summed E-state index contributed by atoms with van der Waals surface area (Å²) in [5.41, 5.74) is 0.833. The number of fused-ring (bicyclic) bond motifs is 1. The Balaban J connectivity index is 1.87. The molecular weight excluding hydrogens is 122 g/mol. The van der Waals surface area contributed by atoms with Crippen LogP contribution in [0.5, 0.6) is 0 Å². The topological polar surface area (TPSA) is 12.0 Å². The van der Waals surface area contributed by atoms with Crippen molar-refractivity contribution < 1.29 is 0 Å². The van der Waals surface area contributed by atoms with E-state index in [0.29, 0.717) is 0 Å². The minimum Gasteiger partial charge on any atom is -0.316 e. The minimum atomic E-state index is 0.833. The molecule has 1 nitrogen and oxygen atoms in total. The molecule has 0 bridgehead atoms. The maximum absolute atomic E-state index is 3.55. The lowest BCUT2D eigenvalue weighted by Crippen LogP contribution is -2.41. The SMILES string of the molecule is C1CC1C12CCC1CNC2. The Morgan fingerprint density at radius 2 is 2.00 bits per heavy atom. The summed E-state index contributed by atoms with van der Waals surface area (Å²) in [6.45, 7) is 2.68. The van der Waals surface area contributed by atoms with E-state index >= 15 is 0 Å². The molecule has 3 rings (SSSR count). The highest BCUT2D eigenvalue weighted by atomic mass is 15.0. The molecule has 1 heterocycles. The Bertz CT molecular complexity index is 162. The molecule has 1 N–H and O–H groups in total. The molecule has 2 unspecified atom stereocenters. The molecule has 0 amide bonds. The highest BCUT2D eigenvalue weighted by Gasteiger charge is 2.57. The smallest absolute Gasteiger partial charge is 0.00137 e. The molecule has 0 radical (unpaired) electrons. The van der Waals surface area contributed by atoms with Crippen molar-refractivity contribution in [3.05, 3.63) is 0 Å². The lowest BCUT2D eigenvalue weighted by atomic mass is 9.59. The molecule has 3 aliphatic rings. The monoisotopic (exact) mass is 137 g/mol. The van der Waals surface area contributed by atoms with Gasteiger partial charge in [0.05, 0.1) is 0 Å². The Labute approximate surface area is 62.2 Å². The maximum Gasteiger partial charge on any atom is 0.00137 e. The van der Waals surface area contributed by atoms with Gasteiger partial charge in [0.15, 0.2) is 0 Å². The van der Waals surface area contributed by atoms with Gasteiger partial charge in [-0.15, -0.1) is 0 Å². The van der Waals surface area contributed by atoms with E-state index in [1.807, 2.05) is 0 Å². The summed E-state index contributed by atoms with van der Waals surface area (Å²) in [4.78, 5) is 0. The largest absolute Gasteiger partial charge is 0.316 e. The van der Waals surface area contributed by atoms with Gasteiger partial charge in [-0.05, 0) is 49.5 Å². The molecule has 10 heavy (non-hydrogen) atoms. The molecule has 56 valence electrons. The molecule has 0 aromatic heterocycles. The van der Waals surface area contributed by atoms with Crippen molar-refractivity contribution in [1.82, 2.24) is 5.32 Å². The summed E-state index contributed by atoms with van der Waals surface area (Å²) in [6.07, 6.45) is 6.13. The van der Waals surface area contributed by atoms with Crippen LogP contribution in [0.15, 0.2) is 0 Å². The van der Waals surface area contributed by atoms with Crippen LogP contribution in [-0.2, 0) is 0 Å².